The van der Waals surface area contributed by atoms with E-state index < -0.39 is 0 Å². The molecule has 3 aromatic rings. The first-order valence-electron chi connectivity index (χ1n) is 9.88. The average molecular weight is 458 g/mol. The van der Waals surface area contributed by atoms with Crippen molar-refractivity contribution in [3.8, 4) is 0 Å². The van der Waals surface area contributed by atoms with Crippen LogP contribution in [0.3, 0.4) is 0 Å². The Bertz CT molecular complexity index is 1140. The van der Waals surface area contributed by atoms with Gasteiger partial charge in [-0.05, 0) is 62.7 Å². The molecule has 2 aromatic carbocycles. The molecule has 4 rings (SSSR count). The summed E-state index contributed by atoms with van der Waals surface area (Å²) in [4.78, 5) is 29.4. The Morgan fingerprint density at radius 2 is 1.77 bits per heavy atom. The van der Waals surface area contributed by atoms with Crippen LogP contribution in [-0.2, 0) is 4.79 Å². The summed E-state index contributed by atoms with van der Waals surface area (Å²) in [7, 11) is 0. The van der Waals surface area contributed by atoms with Gasteiger partial charge in [0.15, 0.2) is 0 Å². The Morgan fingerprint density at radius 3 is 2.39 bits per heavy atom. The van der Waals surface area contributed by atoms with Gasteiger partial charge in [0.05, 0.1) is 11.7 Å². The van der Waals surface area contributed by atoms with Crippen LogP contribution in [0, 0.1) is 6.92 Å². The monoisotopic (exact) mass is 457 g/mol. The topological polar surface area (TPSA) is 66.7 Å². The quantitative estimate of drug-likeness (QED) is 0.496. The minimum atomic E-state index is -0.303. The largest absolute Gasteiger partial charge is 0.351 e. The molecule has 2 heterocycles. The Morgan fingerprint density at radius 1 is 1.10 bits per heavy atom. The third kappa shape index (κ3) is 4.05. The predicted octanol–water partition coefficient (Wildman–Crippen LogP) is 5.82. The second-order valence-electron chi connectivity index (χ2n) is 7.68. The van der Waals surface area contributed by atoms with Crippen LogP contribution < -0.4 is 9.80 Å². The fourth-order valence-electron chi connectivity index (χ4n) is 4.12. The molecule has 0 saturated carbocycles. The number of nitrogens with zero attached hydrogens (tertiary/aromatic N) is 3. The number of amides is 2. The highest BCUT2D eigenvalue weighted by molar-refractivity contribution is 6.31. The Hall–Kier alpha value is -2.83. The van der Waals surface area contributed by atoms with Crippen LogP contribution in [0.4, 0.5) is 11.4 Å². The summed E-state index contributed by atoms with van der Waals surface area (Å²) < 4.78 is 5.22. The number of aryl methyl sites for hydroxylation is 1. The van der Waals surface area contributed by atoms with E-state index >= 15 is 0 Å². The fraction of sp³-hybridized carbons (Fsp3) is 0.261. The molecule has 2 amide bonds. The molecular formula is C23H21Cl2N3O3. The molecule has 6 nitrogen and oxygen atoms in total. The highest BCUT2D eigenvalue weighted by Crippen LogP contribution is 2.44. The highest BCUT2D eigenvalue weighted by atomic mass is 35.5. The van der Waals surface area contributed by atoms with Gasteiger partial charge in [-0.2, -0.15) is 0 Å². The van der Waals surface area contributed by atoms with Crippen molar-refractivity contribution < 1.29 is 14.1 Å². The van der Waals surface area contributed by atoms with Gasteiger partial charge < -0.3 is 14.3 Å². The molecule has 0 fully saturated rings. The number of carbonyl (C=O) groups is 2. The van der Waals surface area contributed by atoms with E-state index in [-0.39, 0.29) is 29.7 Å². The van der Waals surface area contributed by atoms with Gasteiger partial charge in [0.2, 0.25) is 11.7 Å². The van der Waals surface area contributed by atoms with E-state index in [1.54, 1.807) is 41.0 Å². The molecule has 8 heteroatoms. The summed E-state index contributed by atoms with van der Waals surface area (Å²) in [5, 5.41) is 4.95. The lowest BCUT2D eigenvalue weighted by atomic mass is 9.89. The number of rotatable bonds is 3. The van der Waals surface area contributed by atoms with Gasteiger partial charge in [-0.25, -0.2) is 0 Å². The number of hydrogen-bond acceptors (Lipinski definition) is 4. The smallest absolute Gasteiger partial charge is 0.297 e. The molecule has 2 atom stereocenters. The lowest BCUT2D eigenvalue weighted by molar-refractivity contribution is -0.117. The number of hydrogen-bond donors (Lipinski definition) is 0. The summed E-state index contributed by atoms with van der Waals surface area (Å²) in [6.07, 6.45) is 0.522. The second-order valence-corrected chi connectivity index (χ2v) is 8.55. The summed E-state index contributed by atoms with van der Waals surface area (Å²) >= 11 is 12.4. The molecule has 1 aromatic heterocycles. The van der Waals surface area contributed by atoms with Gasteiger partial charge in [0.1, 0.15) is 0 Å². The summed E-state index contributed by atoms with van der Waals surface area (Å²) in [6.45, 7) is 5.24. The number of benzene rings is 2. The fourth-order valence-corrected chi connectivity index (χ4v) is 4.43. The molecule has 1 aliphatic rings. The zero-order valence-corrected chi connectivity index (χ0v) is 18.8. The van der Waals surface area contributed by atoms with Crippen molar-refractivity contribution in [1.82, 2.24) is 5.16 Å². The lowest BCUT2D eigenvalue weighted by Gasteiger charge is -2.43. The van der Waals surface area contributed by atoms with Crippen LogP contribution in [0.15, 0.2) is 53.1 Å². The third-order valence-electron chi connectivity index (χ3n) is 5.43. The molecule has 2 unspecified atom stereocenters. The van der Waals surface area contributed by atoms with Gasteiger partial charge in [-0.3, -0.25) is 9.59 Å². The van der Waals surface area contributed by atoms with E-state index in [0.29, 0.717) is 27.8 Å². The van der Waals surface area contributed by atoms with E-state index in [1.807, 2.05) is 31.2 Å². The van der Waals surface area contributed by atoms with Crippen LogP contribution in [0.2, 0.25) is 10.0 Å². The Labute approximate surface area is 190 Å². The molecule has 0 spiro atoms. The standard InChI is InChI=1S/C23H21Cl2N3O3/c1-13-10-22(31-26-13)23(30)27-14(2)11-21(19-12-17(25)6-9-20(19)27)28(15(3)29)18-7-4-16(24)5-8-18/h4-10,12,14,21H,11H2,1-3H3. The van der Waals surface area contributed by atoms with Crippen molar-refractivity contribution in [3.05, 3.63) is 75.6 Å². The Balaban J connectivity index is 1.81. The Kier molecular flexibility index (Phi) is 5.77. The summed E-state index contributed by atoms with van der Waals surface area (Å²) in [6, 6.07) is 13.6. The molecule has 31 heavy (non-hydrogen) atoms. The molecule has 1 aliphatic heterocycles. The van der Waals surface area contributed by atoms with Gasteiger partial charge in [-0.15, -0.1) is 0 Å². The summed E-state index contributed by atoms with van der Waals surface area (Å²) in [5.74, 6) is -0.225. The third-order valence-corrected chi connectivity index (χ3v) is 5.91. The summed E-state index contributed by atoms with van der Waals surface area (Å²) in [5.41, 5.74) is 2.84. The van der Waals surface area contributed by atoms with Crippen molar-refractivity contribution in [3.63, 3.8) is 0 Å². The van der Waals surface area contributed by atoms with Gasteiger partial charge in [0.25, 0.3) is 5.91 Å². The van der Waals surface area contributed by atoms with E-state index in [9.17, 15) is 9.59 Å². The zero-order chi connectivity index (χ0) is 22.3. The number of carbonyl (C=O) groups excluding carboxylic acids is 2. The normalized spacial score (nSPS) is 17.9. The molecule has 160 valence electrons. The van der Waals surface area contributed by atoms with Gasteiger partial charge in [0, 0.05) is 46.0 Å². The highest BCUT2D eigenvalue weighted by Gasteiger charge is 2.39. The minimum absolute atomic E-state index is 0.115. The van der Waals surface area contributed by atoms with Crippen LogP contribution >= 0.6 is 23.2 Å². The van der Waals surface area contributed by atoms with E-state index in [2.05, 4.69) is 5.16 Å². The molecular weight excluding hydrogens is 437 g/mol. The van der Waals surface area contributed by atoms with Crippen molar-refractivity contribution in [2.45, 2.75) is 39.3 Å². The first-order chi connectivity index (χ1) is 14.8. The van der Waals surface area contributed by atoms with E-state index in [4.69, 9.17) is 27.7 Å². The van der Waals surface area contributed by atoms with Gasteiger partial charge in [-0.1, -0.05) is 28.4 Å². The number of fused-ring (bicyclic) bond motifs is 1. The molecule has 0 aliphatic carbocycles. The van der Waals surface area contributed by atoms with Crippen LogP contribution in [0.25, 0.3) is 0 Å². The molecule has 0 bridgehead atoms. The van der Waals surface area contributed by atoms with Crippen molar-refractivity contribution in [2.24, 2.45) is 0 Å². The van der Waals surface area contributed by atoms with E-state index in [0.717, 1.165) is 11.3 Å². The predicted molar refractivity (Wildman–Crippen MR) is 121 cm³/mol. The number of aromatic nitrogens is 1. The average Bonchev–Trinajstić information content (AvgIpc) is 3.16. The van der Waals surface area contributed by atoms with Crippen molar-refractivity contribution >= 4 is 46.4 Å². The first-order valence-corrected chi connectivity index (χ1v) is 10.6. The van der Waals surface area contributed by atoms with Crippen molar-refractivity contribution in [1.29, 1.82) is 0 Å². The molecule has 0 radical (unpaired) electrons. The van der Waals surface area contributed by atoms with Crippen molar-refractivity contribution in [2.75, 3.05) is 9.80 Å². The lowest BCUT2D eigenvalue weighted by Crippen LogP contribution is -2.47. The molecule has 0 N–H and O–H groups in total. The van der Waals surface area contributed by atoms with E-state index in [1.165, 1.54) is 6.92 Å². The minimum Gasteiger partial charge on any atom is -0.351 e. The zero-order valence-electron chi connectivity index (χ0n) is 17.3. The van der Waals surface area contributed by atoms with Gasteiger partial charge >= 0.3 is 0 Å². The maximum absolute atomic E-state index is 13.3. The SMILES string of the molecule is CC(=O)N(c1ccc(Cl)cc1)C1CC(C)N(C(=O)c2cc(C)no2)c2ccc(Cl)cc21. The second kappa shape index (κ2) is 8.36. The van der Waals surface area contributed by atoms with Crippen LogP contribution in [0.5, 0.6) is 0 Å². The number of anilines is 2. The van der Waals surface area contributed by atoms with Crippen LogP contribution in [-0.4, -0.2) is 23.0 Å². The number of halogens is 2. The maximum Gasteiger partial charge on any atom is 0.297 e. The van der Waals surface area contributed by atoms with Crippen LogP contribution in [0.1, 0.15) is 48.1 Å². The molecule has 0 saturated heterocycles. The maximum atomic E-state index is 13.3. The first kappa shape index (κ1) is 21.4.